The van der Waals surface area contributed by atoms with Gasteiger partial charge in [0.2, 0.25) is 0 Å². The van der Waals surface area contributed by atoms with Crippen LogP contribution in [-0.4, -0.2) is 34.8 Å². The van der Waals surface area contributed by atoms with Crippen LogP contribution in [0, 0.1) is 0 Å². The van der Waals surface area contributed by atoms with Gasteiger partial charge in [-0.25, -0.2) is 15.0 Å². The van der Waals surface area contributed by atoms with E-state index in [1.54, 1.807) is 0 Å². The van der Waals surface area contributed by atoms with Gasteiger partial charge >= 0.3 is 0 Å². The van der Waals surface area contributed by atoms with Crippen LogP contribution < -0.4 is 14.2 Å². The molecule has 204 valence electrons. The predicted molar refractivity (Wildman–Crippen MR) is 157 cm³/mol. The summed E-state index contributed by atoms with van der Waals surface area (Å²) in [4.78, 5) is 14.5. The molecule has 6 heteroatoms. The molecule has 0 amide bonds. The minimum absolute atomic E-state index is 0.613. The fourth-order valence-electron chi connectivity index (χ4n) is 3.87. The van der Waals surface area contributed by atoms with E-state index in [0.717, 1.165) is 72.5 Å². The highest BCUT2D eigenvalue weighted by atomic mass is 16.5. The van der Waals surface area contributed by atoms with Crippen molar-refractivity contribution in [3.8, 4) is 51.4 Å². The molecule has 0 unspecified atom stereocenters. The number of hydrogen-bond donors (Lipinski definition) is 0. The molecule has 0 aliphatic carbocycles. The van der Waals surface area contributed by atoms with Gasteiger partial charge in [0, 0.05) is 16.7 Å². The highest BCUT2D eigenvalue weighted by molar-refractivity contribution is 5.67. The van der Waals surface area contributed by atoms with Crippen LogP contribution in [0.25, 0.3) is 34.2 Å². The van der Waals surface area contributed by atoms with E-state index in [2.05, 4.69) is 20.8 Å². The van der Waals surface area contributed by atoms with Crippen molar-refractivity contribution in [2.24, 2.45) is 0 Å². The molecule has 0 fully saturated rings. The monoisotopic (exact) mass is 525 g/mol. The Labute approximate surface area is 232 Å². The number of rotatable bonds is 15. The lowest BCUT2D eigenvalue weighted by Crippen LogP contribution is -2.01. The second-order valence-corrected chi connectivity index (χ2v) is 9.49. The summed E-state index contributed by atoms with van der Waals surface area (Å²) in [6.45, 7) is 8.61. The number of nitrogens with zero attached hydrogens (tertiary/aromatic N) is 3. The first-order chi connectivity index (χ1) is 19.2. The van der Waals surface area contributed by atoms with Crippen molar-refractivity contribution in [3.05, 3.63) is 72.8 Å². The van der Waals surface area contributed by atoms with Crippen molar-refractivity contribution < 1.29 is 14.2 Å². The summed E-state index contributed by atoms with van der Waals surface area (Å²) in [6.07, 6.45) is 6.41. The Bertz CT molecular complexity index is 1100. The molecule has 0 atom stereocenters. The van der Waals surface area contributed by atoms with Gasteiger partial charge in [-0.15, -0.1) is 0 Å². The van der Waals surface area contributed by atoms with E-state index in [4.69, 9.17) is 29.2 Å². The van der Waals surface area contributed by atoms with Gasteiger partial charge in [0.15, 0.2) is 17.5 Å². The van der Waals surface area contributed by atoms with E-state index >= 15 is 0 Å². The second kappa shape index (κ2) is 14.9. The van der Waals surface area contributed by atoms with Crippen molar-refractivity contribution in [2.75, 3.05) is 19.8 Å². The zero-order valence-corrected chi connectivity index (χ0v) is 23.4. The highest BCUT2D eigenvalue weighted by Gasteiger charge is 2.13. The molecule has 0 radical (unpaired) electrons. The Kier molecular flexibility index (Phi) is 10.7. The Morgan fingerprint density at radius 1 is 0.410 bits per heavy atom. The minimum Gasteiger partial charge on any atom is -0.494 e. The molecule has 0 bridgehead atoms. The lowest BCUT2D eigenvalue weighted by molar-refractivity contribution is 0.309. The Morgan fingerprint density at radius 3 is 0.897 bits per heavy atom. The largest absolute Gasteiger partial charge is 0.494 e. The molecule has 0 aliphatic heterocycles. The fraction of sp³-hybridized carbons (Fsp3) is 0.364. The smallest absolute Gasteiger partial charge is 0.164 e. The average Bonchev–Trinajstić information content (AvgIpc) is 2.98. The molecule has 0 spiro atoms. The van der Waals surface area contributed by atoms with Crippen LogP contribution in [0.1, 0.15) is 59.3 Å². The third-order valence-corrected chi connectivity index (χ3v) is 6.27. The van der Waals surface area contributed by atoms with Gasteiger partial charge in [-0.3, -0.25) is 0 Å². The third-order valence-electron chi connectivity index (χ3n) is 6.27. The van der Waals surface area contributed by atoms with E-state index in [-0.39, 0.29) is 0 Å². The zero-order chi connectivity index (χ0) is 27.3. The van der Waals surface area contributed by atoms with Crippen LogP contribution >= 0.6 is 0 Å². The van der Waals surface area contributed by atoms with Crippen LogP contribution in [0.3, 0.4) is 0 Å². The summed E-state index contributed by atoms with van der Waals surface area (Å²) in [6, 6.07) is 23.8. The zero-order valence-electron chi connectivity index (χ0n) is 23.4. The summed E-state index contributed by atoms with van der Waals surface area (Å²) in [5.74, 6) is 4.38. The molecular formula is C33H39N3O3. The molecule has 3 aromatic carbocycles. The van der Waals surface area contributed by atoms with E-state index in [0.29, 0.717) is 37.3 Å². The number of ether oxygens (including phenoxy) is 3. The lowest BCUT2D eigenvalue weighted by Gasteiger charge is -2.11. The third kappa shape index (κ3) is 8.28. The van der Waals surface area contributed by atoms with Gasteiger partial charge in [-0.05, 0) is 92.1 Å². The highest BCUT2D eigenvalue weighted by Crippen LogP contribution is 2.28. The first-order valence-electron chi connectivity index (χ1n) is 14.2. The van der Waals surface area contributed by atoms with Crippen LogP contribution in [0.4, 0.5) is 0 Å². The van der Waals surface area contributed by atoms with E-state index in [1.165, 1.54) is 0 Å². The first-order valence-corrected chi connectivity index (χ1v) is 14.2. The van der Waals surface area contributed by atoms with Gasteiger partial charge in [-0.2, -0.15) is 0 Å². The molecule has 0 saturated heterocycles. The van der Waals surface area contributed by atoms with Gasteiger partial charge in [0.25, 0.3) is 0 Å². The Balaban J connectivity index is 1.64. The molecule has 4 aromatic rings. The van der Waals surface area contributed by atoms with Crippen LogP contribution in [-0.2, 0) is 0 Å². The molecule has 1 aromatic heterocycles. The fourth-order valence-corrected chi connectivity index (χ4v) is 3.87. The van der Waals surface area contributed by atoms with Gasteiger partial charge in [-0.1, -0.05) is 40.0 Å². The first kappa shape index (κ1) is 28.1. The van der Waals surface area contributed by atoms with Crippen molar-refractivity contribution in [2.45, 2.75) is 59.3 Å². The predicted octanol–water partition coefficient (Wildman–Crippen LogP) is 8.41. The summed E-state index contributed by atoms with van der Waals surface area (Å²) < 4.78 is 17.5. The van der Waals surface area contributed by atoms with E-state index in [9.17, 15) is 0 Å². The summed E-state index contributed by atoms with van der Waals surface area (Å²) in [5.41, 5.74) is 2.71. The normalized spacial score (nSPS) is 10.8. The molecule has 39 heavy (non-hydrogen) atoms. The maximum Gasteiger partial charge on any atom is 0.164 e. The number of aromatic nitrogens is 3. The summed E-state index contributed by atoms with van der Waals surface area (Å²) in [7, 11) is 0. The SMILES string of the molecule is CCCCOc1ccc(-c2nc(-c3ccc(OCCCC)cc3)nc(-c3ccc(OCCCC)cc3)n2)cc1. The molecule has 0 saturated carbocycles. The van der Waals surface area contributed by atoms with Crippen molar-refractivity contribution >= 4 is 0 Å². The maximum absolute atomic E-state index is 5.84. The quantitative estimate of drug-likeness (QED) is 0.145. The molecule has 6 nitrogen and oxygen atoms in total. The molecule has 1 heterocycles. The van der Waals surface area contributed by atoms with Crippen molar-refractivity contribution in [1.82, 2.24) is 15.0 Å². The number of benzene rings is 3. The topological polar surface area (TPSA) is 66.4 Å². The summed E-state index contributed by atoms with van der Waals surface area (Å²) in [5, 5.41) is 0. The van der Waals surface area contributed by atoms with E-state index < -0.39 is 0 Å². The molecule has 0 N–H and O–H groups in total. The van der Waals surface area contributed by atoms with Crippen molar-refractivity contribution in [3.63, 3.8) is 0 Å². The standard InChI is InChI=1S/C33H39N3O3/c1-4-7-22-37-28-16-10-25(11-17-28)31-34-32(26-12-18-29(19-13-26)38-23-8-5-2)36-33(35-31)27-14-20-30(21-15-27)39-24-9-6-3/h10-21H,4-9,22-24H2,1-3H3. The van der Waals surface area contributed by atoms with Crippen molar-refractivity contribution in [1.29, 1.82) is 0 Å². The van der Waals surface area contributed by atoms with Crippen LogP contribution in [0.5, 0.6) is 17.2 Å². The molecule has 4 rings (SSSR count). The lowest BCUT2D eigenvalue weighted by atomic mass is 10.1. The van der Waals surface area contributed by atoms with Gasteiger partial charge in [0.05, 0.1) is 19.8 Å². The van der Waals surface area contributed by atoms with Crippen LogP contribution in [0.2, 0.25) is 0 Å². The Hall–Kier alpha value is -3.93. The maximum atomic E-state index is 5.84. The van der Waals surface area contributed by atoms with Crippen LogP contribution in [0.15, 0.2) is 72.8 Å². The molecular weight excluding hydrogens is 486 g/mol. The average molecular weight is 526 g/mol. The summed E-state index contributed by atoms with van der Waals surface area (Å²) >= 11 is 0. The number of hydrogen-bond acceptors (Lipinski definition) is 6. The minimum atomic E-state index is 0.613. The molecule has 0 aliphatic rings. The van der Waals surface area contributed by atoms with E-state index in [1.807, 2.05) is 72.8 Å². The number of unbranched alkanes of at least 4 members (excludes halogenated alkanes) is 3. The van der Waals surface area contributed by atoms with Gasteiger partial charge < -0.3 is 14.2 Å². The van der Waals surface area contributed by atoms with Gasteiger partial charge in [0.1, 0.15) is 17.2 Å². The Morgan fingerprint density at radius 2 is 0.667 bits per heavy atom. The second-order valence-electron chi connectivity index (χ2n) is 9.49.